The molecule has 1 aromatic rings. The van der Waals surface area contributed by atoms with Gasteiger partial charge < -0.3 is 9.47 Å². The van der Waals surface area contributed by atoms with Gasteiger partial charge in [0.25, 0.3) is 0 Å². The molecule has 3 rings (SSSR count). The van der Waals surface area contributed by atoms with Gasteiger partial charge >= 0.3 is 0 Å². The summed E-state index contributed by atoms with van der Waals surface area (Å²) in [6, 6.07) is 3.68. The van der Waals surface area contributed by atoms with E-state index in [1.54, 1.807) is 6.07 Å². The molecule has 0 unspecified atom stereocenters. The first-order valence-corrected chi connectivity index (χ1v) is 5.32. The van der Waals surface area contributed by atoms with Crippen molar-refractivity contribution in [2.45, 2.75) is 18.3 Å². The van der Waals surface area contributed by atoms with Gasteiger partial charge in [0, 0.05) is 11.0 Å². The number of hydrogen-bond donors (Lipinski definition) is 0. The molecule has 0 spiro atoms. The maximum Gasteiger partial charge on any atom is 0.231 e. The van der Waals surface area contributed by atoms with Gasteiger partial charge in [0.1, 0.15) is 0 Å². The Hall–Kier alpha value is -1.77. The van der Waals surface area contributed by atoms with Crippen LogP contribution in [0.2, 0.25) is 0 Å². The van der Waals surface area contributed by atoms with Crippen LogP contribution in [0.4, 0.5) is 0 Å². The standard InChI is InChI=1S/C13H12O3/c1-2-13(3-4-13)10-6-12-11(15-8-16-12)5-9(10)7-14/h2,5-7H,1,3-4,8H2. The van der Waals surface area contributed by atoms with E-state index in [1.165, 1.54) is 0 Å². The Labute approximate surface area is 93.7 Å². The van der Waals surface area contributed by atoms with E-state index in [0.29, 0.717) is 11.3 Å². The third-order valence-electron chi connectivity index (χ3n) is 3.39. The largest absolute Gasteiger partial charge is 0.454 e. The highest BCUT2D eigenvalue weighted by molar-refractivity contribution is 5.81. The van der Waals surface area contributed by atoms with Gasteiger partial charge in [-0.05, 0) is 30.5 Å². The van der Waals surface area contributed by atoms with Crippen LogP contribution in [-0.4, -0.2) is 13.1 Å². The van der Waals surface area contributed by atoms with E-state index in [-0.39, 0.29) is 12.2 Å². The summed E-state index contributed by atoms with van der Waals surface area (Å²) < 4.78 is 10.6. The SMILES string of the molecule is C=CC1(c2cc3c(cc2C=O)OCO3)CC1. The molecule has 0 bridgehead atoms. The molecule has 1 fully saturated rings. The van der Waals surface area contributed by atoms with Crippen LogP contribution in [0.15, 0.2) is 24.8 Å². The number of allylic oxidation sites excluding steroid dienone is 1. The number of carbonyl (C=O) groups is 1. The molecule has 1 saturated carbocycles. The maximum absolute atomic E-state index is 11.1. The molecule has 1 heterocycles. The Bertz CT molecular complexity index is 472. The third-order valence-corrected chi connectivity index (χ3v) is 3.39. The van der Waals surface area contributed by atoms with Crippen molar-refractivity contribution < 1.29 is 14.3 Å². The Kier molecular flexibility index (Phi) is 1.84. The van der Waals surface area contributed by atoms with Crippen LogP contribution in [0.5, 0.6) is 11.5 Å². The lowest BCUT2D eigenvalue weighted by atomic mass is 9.91. The smallest absolute Gasteiger partial charge is 0.231 e. The van der Waals surface area contributed by atoms with Crippen molar-refractivity contribution in [2.24, 2.45) is 0 Å². The van der Waals surface area contributed by atoms with Crippen LogP contribution >= 0.6 is 0 Å². The number of hydrogen-bond acceptors (Lipinski definition) is 3. The Morgan fingerprint density at radius 3 is 2.50 bits per heavy atom. The van der Waals surface area contributed by atoms with Crippen LogP contribution in [0.1, 0.15) is 28.8 Å². The molecule has 0 N–H and O–H groups in total. The summed E-state index contributed by atoms with van der Waals surface area (Å²) in [5, 5.41) is 0. The lowest BCUT2D eigenvalue weighted by Gasteiger charge is -2.13. The highest BCUT2D eigenvalue weighted by atomic mass is 16.7. The Morgan fingerprint density at radius 1 is 1.25 bits per heavy atom. The Morgan fingerprint density at radius 2 is 1.94 bits per heavy atom. The minimum absolute atomic E-state index is 0.0166. The van der Waals surface area contributed by atoms with E-state index >= 15 is 0 Å². The second-order valence-corrected chi connectivity index (χ2v) is 4.27. The third kappa shape index (κ3) is 1.18. The van der Waals surface area contributed by atoms with Crippen molar-refractivity contribution in [2.75, 3.05) is 6.79 Å². The first-order valence-electron chi connectivity index (χ1n) is 5.32. The lowest BCUT2D eigenvalue weighted by molar-refractivity contribution is 0.112. The van der Waals surface area contributed by atoms with E-state index < -0.39 is 0 Å². The number of ether oxygens (including phenoxy) is 2. The second-order valence-electron chi connectivity index (χ2n) is 4.27. The van der Waals surface area contributed by atoms with E-state index in [4.69, 9.17) is 9.47 Å². The monoisotopic (exact) mass is 216 g/mol. The summed E-state index contributed by atoms with van der Waals surface area (Å²) in [5.41, 5.74) is 1.68. The second kappa shape index (κ2) is 3.11. The van der Waals surface area contributed by atoms with E-state index in [2.05, 4.69) is 6.58 Å². The van der Waals surface area contributed by atoms with Gasteiger partial charge in [-0.2, -0.15) is 0 Å². The van der Waals surface area contributed by atoms with Gasteiger partial charge in [-0.15, -0.1) is 6.58 Å². The highest BCUT2D eigenvalue weighted by Gasteiger charge is 2.43. The molecule has 0 amide bonds. The molecule has 0 radical (unpaired) electrons. The molecule has 3 nitrogen and oxygen atoms in total. The summed E-state index contributed by atoms with van der Waals surface area (Å²) >= 11 is 0. The van der Waals surface area contributed by atoms with E-state index in [0.717, 1.165) is 30.4 Å². The highest BCUT2D eigenvalue weighted by Crippen LogP contribution is 2.52. The quantitative estimate of drug-likeness (QED) is 0.575. The average Bonchev–Trinajstić information content (AvgIpc) is 2.99. The predicted octanol–water partition coefficient (Wildman–Crippen LogP) is 2.45. The summed E-state index contributed by atoms with van der Waals surface area (Å²) in [6.45, 7) is 4.09. The van der Waals surface area contributed by atoms with Crippen molar-refractivity contribution in [1.29, 1.82) is 0 Å². The number of rotatable bonds is 3. The Balaban J connectivity index is 2.16. The molecular formula is C13H12O3. The maximum atomic E-state index is 11.1. The van der Waals surface area contributed by atoms with Gasteiger partial charge in [0.05, 0.1) is 0 Å². The summed E-state index contributed by atoms with van der Waals surface area (Å²) in [6.07, 6.45) is 4.91. The van der Waals surface area contributed by atoms with Crippen molar-refractivity contribution >= 4 is 6.29 Å². The van der Waals surface area contributed by atoms with E-state index in [1.807, 2.05) is 12.1 Å². The molecule has 1 aliphatic heterocycles. The minimum atomic E-state index is -0.0166. The van der Waals surface area contributed by atoms with Crippen molar-refractivity contribution in [3.05, 3.63) is 35.9 Å². The molecule has 2 aliphatic rings. The zero-order valence-corrected chi connectivity index (χ0v) is 8.86. The van der Waals surface area contributed by atoms with E-state index in [9.17, 15) is 4.79 Å². The van der Waals surface area contributed by atoms with Crippen LogP contribution in [0.25, 0.3) is 0 Å². The fraction of sp³-hybridized carbons (Fsp3) is 0.308. The molecular weight excluding hydrogens is 204 g/mol. The lowest BCUT2D eigenvalue weighted by Crippen LogP contribution is -2.05. The number of aldehydes is 1. The van der Waals surface area contributed by atoms with Crippen LogP contribution in [0, 0.1) is 0 Å². The number of carbonyl (C=O) groups excluding carboxylic acids is 1. The first kappa shape index (κ1) is 9.46. The van der Waals surface area contributed by atoms with Gasteiger partial charge in [-0.1, -0.05) is 6.08 Å². The molecule has 0 atom stereocenters. The molecule has 3 heteroatoms. The molecule has 1 aliphatic carbocycles. The summed E-state index contributed by atoms with van der Waals surface area (Å²) in [4.78, 5) is 11.1. The summed E-state index contributed by atoms with van der Waals surface area (Å²) in [7, 11) is 0. The fourth-order valence-electron chi connectivity index (χ4n) is 2.20. The summed E-state index contributed by atoms with van der Waals surface area (Å²) in [5.74, 6) is 1.39. The minimum Gasteiger partial charge on any atom is -0.454 e. The van der Waals surface area contributed by atoms with Gasteiger partial charge in [0.15, 0.2) is 17.8 Å². The topological polar surface area (TPSA) is 35.5 Å². The average molecular weight is 216 g/mol. The van der Waals surface area contributed by atoms with Gasteiger partial charge in [-0.25, -0.2) is 0 Å². The molecule has 0 aromatic heterocycles. The molecule has 16 heavy (non-hydrogen) atoms. The zero-order chi connectivity index (χ0) is 11.2. The van der Waals surface area contributed by atoms with Crippen LogP contribution in [-0.2, 0) is 5.41 Å². The number of fused-ring (bicyclic) bond motifs is 1. The number of benzene rings is 1. The van der Waals surface area contributed by atoms with Crippen molar-refractivity contribution in [3.63, 3.8) is 0 Å². The van der Waals surface area contributed by atoms with Crippen molar-refractivity contribution in [1.82, 2.24) is 0 Å². The van der Waals surface area contributed by atoms with Crippen LogP contribution < -0.4 is 9.47 Å². The van der Waals surface area contributed by atoms with Crippen molar-refractivity contribution in [3.8, 4) is 11.5 Å². The molecule has 82 valence electrons. The fourth-order valence-corrected chi connectivity index (χ4v) is 2.20. The zero-order valence-electron chi connectivity index (χ0n) is 8.86. The van der Waals surface area contributed by atoms with Gasteiger partial charge in [-0.3, -0.25) is 4.79 Å². The first-order chi connectivity index (χ1) is 7.79. The normalized spacial score (nSPS) is 19.2. The molecule has 0 saturated heterocycles. The molecule has 1 aromatic carbocycles. The van der Waals surface area contributed by atoms with Crippen LogP contribution in [0.3, 0.4) is 0 Å². The predicted molar refractivity (Wildman–Crippen MR) is 59.1 cm³/mol. The van der Waals surface area contributed by atoms with Gasteiger partial charge in [0.2, 0.25) is 6.79 Å².